The average Bonchev–Trinajstić information content (AvgIpc) is 3.01. The van der Waals surface area contributed by atoms with Crippen molar-refractivity contribution in [3.05, 3.63) is 36.0 Å². The topological polar surface area (TPSA) is 65.6 Å². The molecular formula is C16H20N2O3. The number of rotatable bonds is 4. The molecule has 0 aliphatic carbocycles. The van der Waals surface area contributed by atoms with Crippen LogP contribution >= 0.6 is 0 Å². The van der Waals surface area contributed by atoms with Crippen molar-refractivity contribution < 1.29 is 14.6 Å². The SMILES string of the molecule is O=C(c1cccc2[nH]ccc12)N1CCC(OCCO)CC1. The van der Waals surface area contributed by atoms with Gasteiger partial charge in [-0.25, -0.2) is 0 Å². The quantitative estimate of drug-likeness (QED) is 0.901. The summed E-state index contributed by atoms with van der Waals surface area (Å²) < 4.78 is 5.53. The monoisotopic (exact) mass is 288 g/mol. The maximum Gasteiger partial charge on any atom is 0.254 e. The molecule has 1 aliphatic rings. The molecule has 3 rings (SSSR count). The summed E-state index contributed by atoms with van der Waals surface area (Å²) in [4.78, 5) is 17.7. The van der Waals surface area contributed by atoms with Crippen LogP contribution in [0.1, 0.15) is 23.2 Å². The van der Waals surface area contributed by atoms with Gasteiger partial charge in [0.2, 0.25) is 0 Å². The Morgan fingerprint density at radius 1 is 1.33 bits per heavy atom. The molecule has 0 bridgehead atoms. The maximum atomic E-state index is 12.7. The number of H-pyrrole nitrogens is 1. The highest BCUT2D eigenvalue weighted by Crippen LogP contribution is 2.21. The van der Waals surface area contributed by atoms with Crippen molar-refractivity contribution in [3.63, 3.8) is 0 Å². The molecule has 2 heterocycles. The van der Waals surface area contributed by atoms with E-state index < -0.39 is 0 Å². The number of aliphatic hydroxyl groups is 1. The Hall–Kier alpha value is -1.85. The summed E-state index contributed by atoms with van der Waals surface area (Å²) in [6.07, 6.45) is 3.67. The Morgan fingerprint density at radius 2 is 2.14 bits per heavy atom. The van der Waals surface area contributed by atoms with Gasteiger partial charge < -0.3 is 19.7 Å². The lowest BCUT2D eigenvalue weighted by molar-refractivity contribution is -0.00550. The predicted molar refractivity (Wildman–Crippen MR) is 80.3 cm³/mol. The fraction of sp³-hybridized carbons (Fsp3) is 0.438. The number of fused-ring (bicyclic) bond motifs is 1. The second kappa shape index (κ2) is 6.28. The van der Waals surface area contributed by atoms with Crippen LogP contribution < -0.4 is 0 Å². The molecular weight excluding hydrogens is 268 g/mol. The van der Waals surface area contributed by atoms with E-state index in [-0.39, 0.29) is 18.6 Å². The molecule has 1 aromatic heterocycles. The summed E-state index contributed by atoms with van der Waals surface area (Å²) in [7, 11) is 0. The first-order valence-corrected chi connectivity index (χ1v) is 7.37. The third kappa shape index (κ3) is 2.94. The Labute approximate surface area is 123 Å². The summed E-state index contributed by atoms with van der Waals surface area (Å²) in [5, 5.41) is 9.75. The van der Waals surface area contributed by atoms with Gasteiger partial charge in [0.15, 0.2) is 0 Å². The van der Waals surface area contributed by atoms with Gasteiger partial charge in [0.25, 0.3) is 5.91 Å². The molecule has 5 heteroatoms. The summed E-state index contributed by atoms with van der Waals surface area (Å²) in [6.45, 7) is 1.83. The van der Waals surface area contributed by atoms with Gasteiger partial charge in [-0.15, -0.1) is 0 Å². The second-order valence-electron chi connectivity index (χ2n) is 5.33. The standard InChI is InChI=1S/C16H20N2O3/c19-10-11-21-12-5-8-18(9-6-12)16(20)14-2-1-3-15-13(14)4-7-17-15/h1-4,7,12,17,19H,5-6,8-11H2. The largest absolute Gasteiger partial charge is 0.394 e. The van der Waals surface area contributed by atoms with Crippen LogP contribution in [-0.4, -0.2) is 53.3 Å². The summed E-state index contributed by atoms with van der Waals surface area (Å²) in [5.74, 6) is 0.0841. The van der Waals surface area contributed by atoms with Gasteiger partial charge in [0.05, 0.1) is 19.3 Å². The minimum absolute atomic E-state index is 0.0502. The molecule has 0 atom stereocenters. The van der Waals surface area contributed by atoms with Crippen LogP contribution in [0.5, 0.6) is 0 Å². The minimum atomic E-state index is 0.0502. The van der Waals surface area contributed by atoms with Crippen LogP contribution in [0, 0.1) is 0 Å². The predicted octanol–water partition coefficient (Wildman–Crippen LogP) is 1.78. The highest BCUT2D eigenvalue weighted by atomic mass is 16.5. The van der Waals surface area contributed by atoms with E-state index in [0.717, 1.165) is 29.3 Å². The van der Waals surface area contributed by atoms with Gasteiger partial charge >= 0.3 is 0 Å². The highest BCUT2D eigenvalue weighted by molar-refractivity contribution is 6.06. The number of likely N-dealkylation sites (tertiary alicyclic amines) is 1. The summed E-state index contributed by atoms with van der Waals surface area (Å²) >= 11 is 0. The van der Waals surface area contributed by atoms with E-state index in [9.17, 15) is 4.79 Å². The zero-order valence-electron chi connectivity index (χ0n) is 11.9. The van der Waals surface area contributed by atoms with E-state index in [0.29, 0.717) is 19.7 Å². The number of aromatic nitrogens is 1. The molecule has 2 N–H and O–H groups in total. The average molecular weight is 288 g/mol. The molecule has 1 saturated heterocycles. The van der Waals surface area contributed by atoms with Gasteiger partial charge in [0, 0.05) is 35.8 Å². The first-order chi connectivity index (χ1) is 10.3. The van der Waals surface area contributed by atoms with Crippen molar-refractivity contribution >= 4 is 16.8 Å². The van der Waals surface area contributed by atoms with Gasteiger partial charge in [-0.05, 0) is 31.0 Å². The Kier molecular flexibility index (Phi) is 4.22. The lowest BCUT2D eigenvalue weighted by Crippen LogP contribution is -2.41. The Bertz CT molecular complexity index is 615. The lowest BCUT2D eigenvalue weighted by Gasteiger charge is -2.32. The van der Waals surface area contributed by atoms with Crippen molar-refractivity contribution in [1.29, 1.82) is 0 Å². The van der Waals surface area contributed by atoms with Crippen LogP contribution in [0.4, 0.5) is 0 Å². The molecule has 1 aliphatic heterocycles. The van der Waals surface area contributed by atoms with Crippen LogP contribution in [0.2, 0.25) is 0 Å². The minimum Gasteiger partial charge on any atom is -0.394 e. The number of piperidine rings is 1. The van der Waals surface area contributed by atoms with E-state index in [2.05, 4.69) is 4.98 Å². The zero-order valence-corrected chi connectivity index (χ0v) is 11.9. The van der Waals surface area contributed by atoms with Gasteiger partial charge in [-0.1, -0.05) is 6.07 Å². The van der Waals surface area contributed by atoms with Gasteiger partial charge in [0.1, 0.15) is 0 Å². The van der Waals surface area contributed by atoms with Gasteiger partial charge in [-0.3, -0.25) is 4.79 Å². The Balaban J connectivity index is 1.68. The van der Waals surface area contributed by atoms with Crippen molar-refractivity contribution in [2.75, 3.05) is 26.3 Å². The number of amides is 1. The molecule has 0 radical (unpaired) electrons. The molecule has 112 valence electrons. The molecule has 2 aromatic rings. The fourth-order valence-electron chi connectivity index (χ4n) is 2.89. The molecule has 1 aromatic carbocycles. The lowest BCUT2D eigenvalue weighted by atomic mass is 10.0. The number of carbonyl (C=O) groups is 1. The van der Waals surface area contributed by atoms with E-state index in [1.54, 1.807) is 0 Å². The third-order valence-electron chi connectivity index (χ3n) is 4.00. The van der Waals surface area contributed by atoms with Crippen molar-refractivity contribution in [3.8, 4) is 0 Å². The van der Waals surface area contributed by atoms with Gasteiger partial charge in [-0.2, -0.15) is 0 Å². The number of hydrogen-bond donors (Lipinski definition) is 2. The number of nitrogens with one attached hydrogen (secondary N) is 1. The summed E-state index contributed by atoms with van der Waals surface area (Å²) in [6, 6.07) is 7.71. The smallest absolute Gasteiger partial charge is 0.254 e. The molecule has 5 nitrogen and oxygen atoms in total. The summed E-state index contributed by atoms with van der Waals surface area (Å²) in [5.41, 5.74) is 1.74. The van der Waals surface area contributed by atoms with Crippen molar-refractivity contribution in [1.82, 2.24) is 9.88 Å². The molecule has 1 fully saturated rings. The van der Waals surface area contributed by atoms with E-state index in [1.807, 2.05) is 35.4 Å². The number of carbonyl (C=O) groups excluding carboxylic acids is 1. The number of nitrogens with zero attached hydrogens (tertiary/aromatic N) is 1. The number of aromatic amines is 1. The molecule has 0 unspecified atom stereocenters. The maximum absolute atomic E-state index is 12.7. The van der Waals surface area contributed by atoms with E-state index in [1.165, 1.54) is 0 Å². The van der Waals surface area contributed by atoms with Crippen LogP contribution in [0.3, 0.4) is 0 Å². The second-order valence-corrected chi connectivity index (χ2v) is 5.33. The number of hydrogen-bond acceptors (Lipinski definition) is 3. The number of aliphatic hydroxyl groups excluding tert-OH is 1. The Morgan fingerprint density at radius 3 is 2.90 bits per heavy atom. The van der Waals surface area contributed by atoms with Crippen molar-refractivity contribution in [2.24, 2.45) is 0 Å². The number of benzene rings is 1. The van der Waals surface area contributed by atoms with E-state index in [4.69, 9.17) is 9.84 Å². The van der Waals surface area contributed by atoms with Crippen LogP contribution in [-0.2, 0) is 4.74 Å². The van der Waals surface area contributed by atoms with E-state index >= 15 is 0 Å². The zero-order chi connectivity index (χ0) is 14.7. The molecule has 0 spiro atoms. The molecule has 1 amide bonds. The highest BCUT2D eigenvalue weighted by Gasteiger charge is 2.24. The fourth-order valence-corrected chi connectivity index (χ4v) is 2.89. The molecule has 0 saturated carbocycles. The van der Waals surface area contributed by atoms with Crippen LogP contribution in [0.25, 0.3) is 10.9 Å². The normalized spacial score (nSPS) is 16.5. The van der Waals surface area contributed by atoms with Crippen LogP contribution in [0.15, 0.2) is 30.5 Å². The van der Waals surface area contributed by atoms with Crippen molar-refractivity contribution in [2.45, 2.75) is 18.9 Å². The first kappa shape index (κ1) is 14.1. The first-order valence-electron chi connectivity index (χ1n) is 7.37. The molecule has 21 heavy (non-hydrogen) atoms. The third-order valence-corrected chi connectivity index (χ3v) is 4.00. The number of ether oxygens (including phenoxy) is 1.